The number of aromatic nitrogens is 1. The summed E-state index contributed by atoms with van der Waals surface area (Å²) in [4.78, 5) is 6.70. The molecule has 1 aromatic heterocycles. The molecule has 2 heterocycles. The first kappa shape index (κ1) is 10.8. The second kappa shape index (κ2) is 4.85. The number of hydrogen-bond donors (Lipinski definition) is 0. The summed E-state index contributed by atoms with van der Waals surface area (Å²) in [6, 6.07) is 4.05. The molecule has 0 unspecified atom stereocenters. The fourth-order valence-corrected chi connectivity index (χ4v) is 2.10. The third kappa shape index (κ3) is 2.09. The van der Waals surface area contributed by atoms with Crippen molar-refractivity contribution in [3.8, 4) is 12.3 Å². The third-order valence-corrected chi connectivity index (χ3v) is 2.90. The van der Waals surface area contributed by atoms with Crippen LogP contribution < -0.4 is 4.90 Å². The zero-order valence-electron chi connectivity index (χ0n) is 9.61. The molecule has 0 aliphatic carbocycles. The van der Waals surface area contributed by atoms with Crippen LogP contribution in [0, 0.1) is 19.3 Å². The second-order valence-electron chi connectivity index (χ2n) is 4.05. The lowest BCUT2D eigenvalue weighted by Gasteiger charge is -2.31. The summed E-state index contributed by atoms with van der Waals surface area (Å²) in [7, 11) is 0. The number of aryl methyl sites for hydroxylation is 1. The van der Waals surface area contributed by atoms with Crippen LogP contribution in [0.25, 0.3) is 0 Å². The number of rotatable bonds is 1. The van der Waals surface area contributed by atoms with E-state index in [0.29, 0.717) is 0 Å². The molecule has 2 nitrogen and oxygen atoms in total. The SMILES string of the molecule is C#CC=C1CCCCN1c1ncccc1C. The highest BCUT2D eigenvalue weighted by Crippen LogP contribution is 2.27. The molecule has 1 aromatic rings. The summed E-state index contributed by atoms with van der Waals surface area (Å²) in [5.74, 6) is 3.67. The van der Waals surface area contributed by atoms with E-state index in [1.165, 1.54) is 24.1 Å². The molecular weight excluding hydrogens is 196 g/mol. The Morgan fingerprint density at radius 1 is 1.50 bits per heavy atom. The molecule has 1 aliphatic heterocycles. The molecule has 2 rings (SSSR count). The molecule has 16 heavy (non-hydrogen) atoms. The van der Waals surface area contributed by atoms with Gasteiger partial charge >= 0.3 is 0 Å². The van der Waals surface area contributed by atoms with Crippen molar-refractivity contribution in [2.75, 3.05) is 11.4 Å². The van der Waals surface area contributed by atoms with Gasteiger partial charge in [0.1, 0.15) is 5.82 Å². The van der Waals surface area contributed by atoms with Crippen molar-refractivity contribution in [2.24, 2.45) is 0 Å². The maximum Gasteiger partial charge on any atom is 0.135 e. The molecular formula is C14H16N2. The molecule has 0 saturated carbocycles. The van der Waals surface area contributed by atoms with Crippen LogP contribution in [0.3, 0.4) is 0 Å². The molecule has 1 fully saturated rings. The zero-order chi connectivity index (χ0) is 11.4. The zero-order valence-corrected chi connectivity index (χ0v) is 9.61. The molecule has 0 bridgehead atoms. The number of allylic oxidation sites excluding steroid dienone is 2. The molecule has 0 radical (unpaired) electrons. The van der Waals surface area contributed by atoms with Crippen molar-refractivity contribution in [1.29, 1.82) is 0 Å². The van der Waals surface area contributed by atoms with Gasteiger partial charge in [-0.3, -0.25) is 0 Å². The minimum absolute atomic E-state index is 1.02. The van der Waals surface area contributed by atoms with E-state index in [2.05, 4.69) is 28.8 Å². The molecule has 0 spiro atoms. The van der Waals surface area contributed by atoms with E-state index in [1.807, 2.05) is 18.3 Å². The van der Waals surface area contributed by atoms with Crippen molar-refractivity contribution < 1.29 is 0 Å². The van der Waals surface area contributed by atoms with Gasteiger partial charge in [0.15, 0.2) is 0 Å². The maximum absolute atomic E-state index is 5.36. The molecule has 0 atom stereocenters. The van der Waals surface area contributed by atoms with Gasteiger partial charge in [-0.1, -0.05) is 12.0 Å². The van der Waals surface area contributed by atoms with Gasteiger partial charge in [-0.05, 0) is 37.8 Å². The van der Waals surface area contributed by atoms with Crippen molar-refractivity contribution in [2.45, 2.75) is 26.2 Å². The molecule has 0 N–H and O–H groups in total. The Morgan fingerprint density at radius 2 is 2.38 bits per heavy atom. The molecule has 0 amide bonds. The number of piperidine rings is 1. The Morgan fingerprint density at radius 3 is 3.12 bits per heavy atom. The Kier molecular flexibility index (Phi) is 3.26. The Bertz CT molecular complexity index is 440. The van der Waals surface area contributed by atoms with E-state index in [1.54, 1.807) is 0 Å². The van der Waals surface area contributed by atoms with Gasteiger partial charge in [0.25, 0.3) is 0 Å². The Labute approximate surface area is 97.0 Å². The van der Waals surface area contributed by atoms with Crippen molar-refractivity contribution in [3.05, 3.63) is 35.7 Å². The van der Waals surface area contributed by atoms with E-state index in [-0.39, 0.29) is 0 Å². The summed E-state index contributed by atoms with van der Waals surface area (Å²) in [5.41, 5.74) is 2.42. The highest BCUT2D eigenvalue weighted by atomic mass is 15.2. The van der Waals surface area contributed by atoms with Gasteiger partial charge in [-0.2, -0.15) is 0 Å². The topological polar surface area (TPSA) is 16.1 Å². The predicted octanol–water partition coefficient (Wildman–Crippen LogP) is 2.90. The molecule has 0 aromatic carbocycles. The largest absolute Gasteiger partial charge is 0.329 e. The highest BCUT2D eigenvalue weighted by Gasteiger charge is 2.18. The molecule has 1 aliphatic rings. The van der Waals surface area contributed by atoms with Gasteiger partial charge in [-0.15, -0.1) is 6.42 Å². The van der Waals surface area contributed by atoms with Gasteiger partial charge in [0.05, 0.1) is 0 Å². The summed E-state index contributed by atoms with van der Waals surface area (Å²) in [6.07, 6.45) is 12.6. The summed E-state index contributed by atoms with van der Waals surface area (Å²) < 4.78 is 0. The lowest BCUT2D eigenvalue weighted by atomic mass is 10.1. The highest BCUT2D eigenvalue weighted by molar-refractivity contribution is 5.52. The predicted molar refractivity (Wildman–Crippen MR) is 67.1 cm³/mol. The van der Waals surface area contributed by atoms with Crippen LogP contribution >= 0.6 is 0 Å². The fourth-order valence-electron chi connectivity index (χ4n) is 2.10. The first-order valence-corrected chi connectivity index (χ1v) is 5.67. The second-order valence-corrected chi connectivity index (χ2v) is 4.05. The Balaban J connectivity index is 2.35. The van der Waals surface area contributed by atoms with E-state index in [9.17, 15) is 0 Å². The Hall–Kier alpha value is -1.75. The summed E-state index contributed by atoms with van der Waals surface area (Å²) in [6.45, 7) is 3.11. The van der Waals surface area contributed by atoms with Crippen LogP contribution in [0.4, 0.5) is 5.82 Å². The third-order valence-electron chi connectivity index (χ3n) is 2.90. The monoisotopic (exact) mass is 212 g/mol. The van der Waals surface area contributed by atoms with Gasteiger partial charge in [0.2, 0.25) is 0 Å². The quantitative estimate of drug-likeness (QED) is 0.665. The number of hydrogen-bond acceptors (Lipinski definition) is 2. The lowest BCUT2D eigenvalue weighted by Crippen LogP contribution is -2.29. The van der Waals surface area contributed by atoms with Crippen LogP contribution in [0.15, 0.2) is 30.1 Å². The minimum atomic E-state index is 1.02. The van der Waals surface area contributed by atoms with Gasteiger partial charge in [-0.25, -0.2) is 4.98 Å². The molecule has 82 valence electrons. The number of pyridine rings is 1. The molecule has 1 saturated heterocycles. The fraction of sp³-hybridized carbons (Fsp3) is 0.357. The van der Waals surface area contributed by atoms with Crippen molar-refractivity contribution in [3.63, 3.8) is 0 Å². The van der Waals surface area contributed by atoms with Crippen LogP contribution in [0.2, 0.25) is 0 Å². The average molecular weight is 212 g/mol. The number of terminal acetylenes is 1. The van der Waals surface area contributed by atoms with Crippen LogP contribution in [-0.4, -0.2) is 11.5 Å². The van der Waals surface area contributed by atoms with Crippen LogP contribution in [0.1, 0.15) is 24.8 Å². The van der Waals surface area contributed by atoms with Crippen LogP contribution in [-0.2, 0) is 0 Å². The first-order chi connectivity index (χ1) is 7.83. The number of anilines is 1. The summed E-state index contributed by atoms with van der Waals surface area (Å²) in [5, 5.41) is 0. The van der Waals surface area contributed by atoms with Crippen LogP contribution in [0.5, 0.6) is 0 Å². The van der Waals surface area contributed by atoms with Crippen molar-refractivity contribution >= 4 is 5.82 Å². The maximum atomic E-state index is 5.36. The molecule has 2 heteroatoms. The lowest BCUT2D eigenvalue weighted by molar-refractivity contribution is 0.634. The number of nitrogens with zero attached hydrogens (tertiary/aromatic N) is 2. The van der Waals surface area contributed by atoms with E-state index in [0.717, 1.165) is 18.8 Å². The average Bonchev–Trinajstić information content (AvgIpc) is 2.31. The van der Waals surface area contributed by atoms with Crippen molar-refractivity contribution in [1.82, 2.24) is 4.98 Å². The van der Waals surface area contributed by atoms with Gasteiger partial charge < -0.3 is 4.90 Å². The smallest absolute Gasteiger partial charge is 0.135 e. The standard InChI is InChI=1S/C14H16N2/c1-3-7-13-9-4-5-11-16(13)14-12(2)8-6-10-15-14/h1,6-8,10H,4-5,9,11H2,2H3. The van der Waals surface area contributed by atoms with Gasteiger partial charge in [0, 0.05) is 24.5 Å². The van der Waals surface area contributed by atoms with E-state index in [4.69, 9.17) is 6.42 Å². The van der Waals surface area contributed by atoms with E-state index >= 15 is 0 Å². The van der Waals surface area contributed by atoms with E-state index < -0.39 is 0 Å². The minimum Gasteiger partial charge on any atom is -0.329 e. The summed E-state index contributed by atoms with van der Waals surface area (Å²) >= 11 is 0. The first-order valence-electron chi connectivity index (χ1n) is 5.67. The normalized spacial score (nSPS) is 18.5.